The molecule has 4 nitrogen and oxygen atoms in total. The molecule has 1 unspecified atom stereocenters. The Balaban J connectivity index is 2.15. The van der Waals surface area contributed by atoms with Gasteiger partial charge >= 0.3 is 0 Å². The largest absolute Gasteiger partial charge is 0.345 e. The van der Waals surface area contributed by atoms with Crippen molar-refractivity contribution >= 4 is 17.5 Å². The standard InChI is InChI=1S/C13H14ClN3O/c1-8-4-3-5-11(12(8)14)13(18)17-9(2)10-6-15-16-7-10/h3-7,9H,1-2H3,(H,15,16)(H,17,18). The summed E-state index contributed by atoms with van der Waals surface area (Å²) < 4.78 is 0. The molecule has 1 atom stereocenters. The van der Waals surface area contributed by atoms with E-state index in [1.807, 2.05) is 26.0 Å². The second kappa shape index (κ2) is 5.23. The first-order valence-corrected chi connectivity index (χ1v) is 6.02. The van der Waals surface area contributed by atoms with Gasteiger partial charge in [0.2, 0.25) is 0 Å². The van der Waals surface area contributed by atoms with Gasteiger partial charge in [0, 0.05) is 11.8 Å². The molecular formula is C13H14ClN3O. The summed E-state index contributed by atoms with van der Waals surface area (Å²) in [5.74, 6) is -0.183. The molecule has 94 valence electrons. The third kappa shape index (κ3) is 2.54. The molecule has 5 heteroatoms. The Morgan fingerprint density at radius 2 is 2.28 bits per heavy atom. The van der Waals surface area contributed by atoms with Gasteiger partial charge in [0.05, 0.1) is 22.8 Å². The normalized spacial score (nSPS) is 12.2. The molecule has 0 bridgehead atoms. The molecule has 2 N–H and O–H groups in total. The fourth-order valence-corrected chi connectivity index (χ4v) is 1.89. The number of hydrogen-bond acceptors (Lipinski definition) is 2. The highest BCUT2D eigenvalue weighted by Crippen LogP contribution is 2.21. The Kier molecular flexibility index (Phi) is 3.67. The van der Waals surface area contributed by atoms with Crippen LogP contribution in [-0.4, -0.2) is 16.1 Å². The molecule has 2 rings (SSSR count). The number of carbonyl (C=O) groups is 1. The monoisotopic (exact) mass is 263 g/mol. The van der Waals surface area contributed by atoms with Gasteiger partial charge in [-0.05, 0) is 25.5 Å². The second-order valence-electron chi connectivity index (χ2n) is 4.16. The number of aromatic amines is 1. The number of aryl methyl sites for hydroxylation is 1. The van der Waals surface area contributed by atoms with Crippen molar-refractivity contribution in [2.75, 3.05) is 0 Å². The first kappa shape index (κ1) is 12.6. The van der Waals surface area contributed by atoms with Crippen molar-refractivity contribution in [2.45, 2.75) is 19.9 Å². The van der Waals surface area contributed by atoms with Gasteiger partial charge in [0.1, 0.15) is 0 Å². The zero-order valence-electron chi connectivity index (χ0n) is 10.2. The molecule has 0 aliphatic heterocycles. The van der Waals surface area contributed by atoms with Crippen LogP contribution in [0.15, 0.2) is 30.6 Å². The highest BCUT2D eigenvalue weighted by Gasteiger charge is 2.15. The summed E-state index contributed by atoms with van der Waals surface area (Å²) >= 11 is 6.12. The summed E-state index contributed by atoms with van der Waals surface area (Å²) in [6.45, 7) is 3.77. The van der Waals surface area contributed by atoms with Crippen LogP contribution in [-0.2, 0) is 0 Å². The van der Waals surface area contributed by atoms with Crippen molar-refractivity contribution in [3.63, 3.8) is 0 Å². The van der Waals surface area contributed by atoms with Crippen LogP contribution in [0.3, 0.4) is 0 Å². The minimum Gasteiger partial charge on any atom is -0.345 e. The summed E-state index contributed by atoms with van der Waals surface area (Å²) in [4.78, 5) is 12.1. The smallest absolute Gasteiger partial charge is 0.253 e. The van der Waals surface area contributed by atoms with E-state index in [9.17, 15) is 4.79 Å². The number of halogens is 1. The predicted octanol–water partition coefficient (Wildman–Crippen LogP) is 2.86. The molecule has 18 heavy (non-hydrogen) atoms. The third-order valence-electron chi connectivity index (χ3n) is 2.80. The first-order chi connectivity index (χ1) is 8.59. The highest BCUT2D eigenvalue weighted by atomic mass is 35.5. The number of rotatable bonds is 3. The molecule has 1 aromatic heterocycles. The fraction of sp³-hybridized carbons (Fsp3) is 0.231. The zero-order chi connectivity index (χ0) is 13.1. The lowest BCUT2D eigenvalue weighted by Gasteiger charge is -2.13. The molecule has 0 spiro atoms. The van der Waals surface area contributed by atoms with Crippen LogP contribution in [0.1, 0.15) is 34.5 Å². The summed E-state index contributed by atoms with van der Waals surface area (Å²) in [6, 6.07) is 5.29. The van der Waals surface area contributed by atoms with E-state index in [1.54, 1.807) is 18.5 Å². The van der Waals surface area contributed by atoms with Crippen molar-refractivity contribution in [3.05, 3.63) is 52.3 Å². The molecule has 1 amide bonds. The van der Waals surface area contributed by atoms with Crippen LogP contribution in [0.25, 0.3) is 0 Å². The Labute approximate surface area is 110 Å². The van der Waals surface area contributed by atoms with E-state index in [1.165, 1.54) is 0 Å². The summed E-state index contributed by atoms with van der Waals surface area (Å²) in [5.41, 5.74) is 2.31. The van der Waals surface area contributed by atoms with E-state index in [0.717, 1.165) is 11.1 Å². The molecule has 0 aliphatic rings. The predicted molar refractivity (Wildman–Crippen MR) is 70.7 cm³/mol. The van der Waals surface area contributed by atoms with E-state index in [0.29, 0.717) is 10.6 Å². The maximum atomic E-state index is 12.1. The van der Waals surface area contributed by atoms with Crippen molar-refractivity contribution in [1.29, 1.82) is 0 Å². The minimum atomic E-state index is -0.183. The zero-order valence-corrected chi connectivity index (χ0v) is 11.0. The van der Waals surface area contributed by atoms with Gasteiger partial charge in [0.25, 0.3) is 5.91 Å². The van der Waals surface area contributed by atoms with Crippen LogP contribution >= 0.6 is 11.6 Å². The summed E-state index contributed by atoms with van der Waals surface area (Å²) in [5, 5.41) is 9.95. The van der Waals surface area contributed by atoms with Gasteiger partial charge in [-0.1, -0.05) is 23.7 Å². The Morgan fingerprint density at radius 3 is 2.94 bits per heavy atom. The van der Waals surface area contributed by atoms with Crippen molar-refractivity contribution < 1.29 is 4.79 Å². The molecule has 0 aliphatic carbocycles. The number of aromatic nitrogens is 2. The molecule has 0 fully saturated rings. The maximum absolute atomic E-state index is 12.1. The molecule has 0 saturated heterocycles. The quantitative estimate of drug-likeness (QED) is 0.895. The van der Waals surface area contributed by atoms with Crippen molar-refractivity contribution in [2.24, 2.45) is 0 Å². The number of amides is 1. The SMILES string of the molecule is Cc1cccc(C(=O)NC(C)c2cn[nH]c2)c1Cl. The molecule has 1 aromatic carbocycles. The molecule has 0 saturated carbocycles. The fourth-order valence-electron chi connectivity index (χ4n) is 1.68. The van der Waals surface area contributed by atoms with E-state index in [4.69, 9.17) is 11.6 Å². The Hall–Kier alpha value is -1.81. The molecule has 0 radical (unpaired) electrons. The van der Waals surface area contributed by atoms with Gasteiger partial charge in [-0.2, -0.15) is 5.10 Å². The number of nitrogens with zero attached hydrogens (tertiary/aromatic N) is 1. The minimum absolute atomic E-state index is 0.118. The number of H-pyrrole nitrogens is 1. The Bertz CT molecular complexity index is 551. The van der Waals surface area contributed by atoms with Crippen molar-refractivity contribution in [3.8, 4) is 0 Å². The second-order valence-corrected chi connectivity index (χ2v) is 4.54. The molecule has 2 aromatic rings. The number of hydrogen-bond donors (Lipinski definition) is 2. The lowest BCUT2D eigenvalue weighted by Crippen LogP contribution is -2.26. The molecule has 1 heterocycles. The van der Waals surface area contributed by atoms with Crippen molar-refractivity contribution in [1.82, 2.24) is 15.5 Å². The first-order valence-electron chi connectivity index (χ1n) is 5.64. The average molecular weight is 264 g/mol. The molecular weight excluding hydrogens is 250 g/mol. The van der Waals surface area contributed by atoms with Crippen LogP contribution in [0.5, 0.6) is 0 Å². The number of carbonyl (C=O) groups excluding carboxylic acids is 1. The lowest BCUT2D eigenvalue weighted by atomic mass is 10.1. The van der Waals surface area contributed by atoms with Gasteiger partial charge < -0.3 is 5.32 Å². The van der Waals surface area contributed by atoms with Crippen LogP contribution < -0.4 is 5.32 Å². The number of nitrogens with one attached hydrogen (secondary N) is 2. The average Bonchev–Trinajstić information content (AvgIpc) is 2.86. The third-order valence-corrected chi connectivity index (χ3v) is 3.31. The number of benzene rings is 1. The van der Waals surface area contributed by atoms with Crippen LogP contribution in [0.2, 0.25) is 5.02 Å². The Morgan fingerprint density at radius 1 is 1.50 bits per heavy atom. The van der Waals surface area contributed by atoms with Crippen LogP contribution in [0.4, 0.5) is 0 Å². The van der Waals surface area contributed by atoms with Crippen LogP contribution in [0, 0.1) is 6.92 Å². The summed E-state index contributed by atoms with van der Waals surface area (Å²) in [6.07, 6.45) is 3.44. The highest BCUT2D eigenvalue weighted by molar-refractivity contribution is 6.34. The van der Waals surface area contributed by atoms with E-state index >= 15 is 0 Å². The van der Waals surface area contributed by atoms with E-state index < -0.39 is 0 Å². The lowest BCUT2D eigenvalue weighted by molar-refractivity contribution is 0.0940. The van der Waals surface area contributed by atoms with E-state index in [-0.39, 0.29) is 11.9 Å². The topological polar surface area (TPSA) is 57.8 Å². The van der Waals surface area contributed by atoms with E-state index in [2.05, 4.69) is 15.5 Å². The summed E-state index contributed by atoms with van der Waals surface area (Å²) in [7, 11) is 0. The van der Waals surface area contributed by atoms with Gasteiger partial charge in [-0.15, -0.1) is 0 Å². The van der Waals surface area contributed by atoms with Gasteiger partial charge in [0.15, 0.2) is 0 Å². The maximum Gasteiger partial charge on any atom is 0.253 e. The van der Waals surface area contributed by atoms with Gasteiger partial charge in [-0.25, -0.2) is 0 Å². The van der Waals surface area contributed by atoms with Gasteiger partial charge in [-0.3, -0.25) is 9.89 Å².